The van der Waals surface area contributed by atoms with Crippen LogP contribution in [0.2, 0.25) is 0 Å². The van der Waals surface area contributed by atoms with E-state index in [1.807, 2.05) is 5.38 Å². The normalized spacial score (nSPS) is 17.6. The average molecular weight is 310 g/mol. The average Bonchev–Trinajstić information content (AvgIpc) is 2.93. The van der Waals surface area contributed by atoms with Gasteiger partial charge in [0.2, 0.25) is 5.91 Å². The van der Waals surface area contributed by atoms with Crippen molar-refractivity contribution in [2.24, 2.45) is 5.92 Å². The van der Waals surface area contributed by atoms with Gasteiger partial charge >= 0.3 is 0 Å². The molecule has 21 heavy (non-hydrogen) atoms. The maximum Gasteiger partial charge on any atom is 0.240 e. The number of anilines is 1. The van der Waals surface area contributed by atoms with E-state index < -0.39 is 0 Å². The highest BCUT2D eigenvalue weighted by molar-refractivity contribution is 7.13. The highest BCUT2D eigenvalue weighted by Gasteiger charge is 2.22. The predicted molar refractivity (Wildman–Crippen MR) is 87.7 cm³/mol. The molecule has 0 unspecified atom stereocenters. The Labute approximate surface area is 131 Å². The van der Waals surface area contributed by atoms with E-state index in [2.05, 4.69) is 41.0 Å². The SMILES string of the molecule is CC(C)N(C)CC1CCN(CC(=O)Nc2nccs2)CC1. The number of thiazole rings is 1. The molecule has 1 aliphatic rings. The molecule has 0 aromatic carbocycles. The lowest BCUT2D eigenvalue weighted by molar-refractivity contribution is -0.117. The van der Waals surface area contributed by atoms with Crippen LogP contribution in [-0.2, 0) is 4.79 Å². The van der Waals surface area contributed by atoms with Crippen LogP contribution in [0.3, 0.4) is 0 Å². The molecule has 1 fully saturated rings. The minimum Gasteiger partial charge on any atom is -0.304 e. The number of hydrogen-bond acceptors (Lipinski definition) is 5. The molecule has 2 rings (SSSR count). The summed E-state index contributed by atoms with van der Waals surface area (Å²) in [7, 11) is 2.19. The summed E-state index contributed by atoms with van der Waals surface area (Å²) in [5.74, 6) is 0.804. The Kier molecular flexibility index (Phi) is 6.14. The van der Waals surface area contributed by atoms with Crippen LogP contribution in [0.1, 0.15) is 26.7 Å². The molecular formula is C15H26N4OS. The molecule has 0 spiro atoms. The van der Waals surface area contributed by atoms with Crippen molar-refractivity contribution in [1.29, 1.82) is 0 Å². The number of carbonyl (C=O) groups excluding carboxylic acids is 1. The summed E-state index contributed by atoms with van der Waals surface area (Å²) < 4.78 is 0. The molecule has 6 heteroatoms. The van der Waals surface area contributed by atoms with Crippen molar-refractivity contribution >= 4 is 22.4 Å². The van der Waals surface area contributed by atoms with E-state index in [9.17, 15) is 4.79 Å². The van der Waals surface area contributed by atoms with Crippen LogP contribution in [0.5, 0.6) is 0 Å². The van der Waals surface area contributed by atoms with Crippen molar-refractivity contribution in [2.75, 3.05) is 38.5 Å². The lowest BCUT2D eigenvalue weighted by Gasteiger charge is -2.34. The van der Waals surface area contributed by atoms with Gasteiger partial charge in [-0.05, 0) is 52.7 Å². The molecule has 0 saturated carbocycles. The Bertz CT molecular complexity index is 427. The zero-order valence-corrected chi connectivity index (χ0v) is 14.0. The van der Waals surface area contributed by atoms with Crippen molar-refractivity contribution in [3.63, 3.8) is 0 Å². The molecule has 2 heterocycles. The zero-order valence-electron chi connectivity index (χ0n) is 13.2. The largest absolute Gasteiger partial charge is 0.304 e. The molecule has 0 aliphatic carbocycles. The monoisotopic (exact) mass is 310 g/mol. The van der Waals surface area contributed by atoms with Gasteiger partial charge in [-0.15, -0.1) is 11.3 Å². The predicted octanol–water partition coefficient (Wildman–Crippen LogP) is 2.13. The molecule has 118 valence electrons. The molecule has 1 aliphatic heterocycles. The van der Waals surface area contributed by atoms with Crippen LogP contribution in [0.25, 0.3) is 0 Å². The Hall–Kier alpha value is -0.980. The van der Waals surface area contributed by atoms with E-state index in [0.717, 1.165) is 25.6 Å². The van der Waals surface area contributed by atoms with Gasteiger partial charge in [-0.2, -0.15) is 0 Å². The van der Waals surface area contributed by atoms with E-state index >= 15 is 0 Å². The van der Waals surface area contributed by atoms with Crippen molar-refractivity contribution in [2.45, 2.75) is 32.7 Å². The number of piperidine rings is 1. The number of rotatable bonds is 6. The first kappa shape index (κ1) is 16.4. The number of hydrogen-bond donors (Lipinski definition) is 1. The fourth-order valence-electron chi connectivity index (χ4n) is 2.59. The second-order valence-corrected chi connectivity index (χ2v) is 7.03. The summed E-state index contributed by atoms with van der Waals surface area (Å²) >= 11 is 1.46. The number of nitrogens with one attached hydrogen (secondary N) is 1. The smallest absolute Gasteiger partial charge is 0.240 e. The van der Waals surface area contributed by atoms with Crippen molar-refractivity contribution < 1.29 is 4.79 Å². The van der Waals surface area contributed by atoms with Gasteiger partial charge in [-0.1, -0.05) is 0 Å². The maximum absolute atomic E-state index is 11.9. The van der Waals surface area contributed by atoms with Crippen molar-refractivity contribution in [3.05, 3.63) is 11.6 Å². The molecule has 5 nitrogen and oxygen atoms in total. The van der Waals surface area contributed by atoms with Gasteiger partial charge in [0.15, 0.2) is 5.13 Å². The van der Waals surface area contributed by atoms with E-state index in [1.54, 1.807) is 6.20 Å². The van der Waals surface area contributed by atoms with Crippen LogP contribution >= 0.6 is 11.3 Å². The first-order chi connectivity index (χ1) is 10.0. The quantitative estimate of drug-likeness (QED) is 0.874. The summed E-state index contributed by atoms with van der Waals surface area (Å²) in [6.07, 6.45) is 4.07. The molecular weight excluding hydrogens is 284 g/mol. The number of amides is 1. The fourth-order valence-corrected chi connectivity index (χ4v) is 3.14. The van der Waals surface area contributed by atoms with Gasteiger partial charge in [-0.25, -0.2) is 4.98 Å². The molecule has 1 amide bonds. The van der Waals surface area contributed by atoms with Crippen molar-refractivity contribution in [3.8, 4) is 0 Å². The Morgan fingerprint density at radius 3 is 2.81 bits per heavy atom. The minimum absolute atomic E-state index is 0.0442. The first-order valence-corrected chi connectivity index (χ1v) is 8.54. The Morgan fingerprint density at radius 1 is 1.52 bits per heavy atom. The van der Waals surface area contributed by atoms with E-state index in [-0.39, 0.29) is 5.91 Å². The van der Waals surface area contributed by atoms with Gasteiger partial charge in [0, 0.05) is 24.2 Å². The number of carbonyl (C=O) groups is 1. The second-order valence-electron chi connectivity index (χ2n) is 6.14. The van der Waals surface area contributed by atoms with E-state index in [1.165, 1.54) is 24.2 Å². The third-order valence-electron chi connectivity index (χ3n) is 4.18. The maximum atomic E-state index is 11.9. The highest BCUT2D eigenvalue weighted by Crippen LogP contribution is 2.19. The topological polar surface area (TPSA) is 48.5 Å². The van der Waals surface area contributed by atoms with Crippen LogP contribution in [0.15, 0.2) is 11.6 Å². The number of nitrogens with zero attached hydrogens (tertiary/aromatic N) is 3. The molecule has 0 bridgehead atoms. The lowest BCUT2D eigenvalue weighted by Crippen LogP contribution is -2.42. The van der Waals surface area contributed by atoms with Gasteiger partial charge < -0.3 is 10.2 Å². The third kappa shape index (κ3) is 5.37. The summed E-state index contributed by atoms with van der Waals surface area (Å²) in [4.78, 5) is 20.7. The van der Waals surface area contributed by atoms with Gasteiger partial charge in [0.1, 0.15) is 0 Å². The van der Waals surface area contributed by atoms with Crippen LogP contribution in [0, 0.1) is 5.92 Å². The lowest BCUT2D eigenvalue weighted by atomic mass is 9.96. The van der Waals surface area contributed by atoms with Crippen LogP contribution < -0.4 is 5.32 Å². The van der Waals surface area contributed by atoms with Gasteiger partial charge in [0.25, 0.3) is 0 Å². The van der Waals surface area contributed by atoms with Gasteiger partial charge in [-0.3, -0.25) is 9.69 Å². The highest BCUT2D eigenvalue weighted by atomic mass is 32.1. The standard InChI is InChI=1S/C15H26N4OS/c1-12(2)18(3)10-13-4-7-19(8-5-13)11-14(20)17-15-16-6-9-21-15/h6,9,12-13H,4-5,7-8,10-11H2,1-3H3,(H,16,17,20). The Morgan fingerprint density at radius 2 is 2.24 bits per heavy atom. The Balaban J connectivity index is 1.68. The van der Waals surface area contributed by atoms with E-state index in [0.29, 0.717) is 17.7 Å². The summed E-state index contributed by atoms with van der Waals surface area (Å²) in [6, 6.07) is 0.604. The summed E-state index contributed by atoms with van der Waals surface area (Å²) in [5.41, 5.74) is 0. The van der Waals surface area contributed by atoms with Gasteiger partial charge in [0.05, 0.1) is 6.54 Å². The number of aromatic nitrogens is 1. The molecule has 1 aromatic heterocycles. The summed E-state index contributed by atoms with van der Waals surface area (Å²) in [6.45, 7) is 8.14. The van der Waals surface area contributed by atoms with Crippen LogP contribution in [-0.4, -0.2) is 60.0 Å². The fraction of sp³-hybridized carbons (Fsp3) is 0.733. The van der Waals surface area contributed by atoms with E-state index in [4.69, 9.17) is 0 Å². The molecule has 1 N–H and O–H groups in total. The molecule has 0 atom stereocenters. The molecule has 0 radical (unpaired) electrons. The minimum atomic E-state index is 0.0442. The second kappa shape index (κ2) is 7.87. The van der Waals surface area contributed by atoms with Crippen LogP contribution in [0.4, 0.5) is 5.13 Å². The molecule has 1 aromatic rings. The zero-order chi connectivity index (χ0) is 15.2. The summed E-state index contributed by atoms with van der Waals surface area (Å²) in [5, 5.41) is 5.40. The molecule has 1 saturated heterocycles. The third-order valence-corrected chi connectivity index (χ3v) is 4.87. The first-order valence-electron chi connectivity index (χ1n) is 7.66. The number of likely N-dealkylation sites (tertiary alicyclic amines) is 1. The van der Waals surface area contributed by atoms with Crippen molar-refractivity contribution in [1.82, 2.24) is 14.8 Å².